The first-order chi connectivity index (χ1) is 20.5. The number of fused-ring (bicyclic) bond motifs is 1. The van der Waals surface area contributed by atoms with E-state index in [1.165, 1.54) is 0 Å². The summed E-state index contributed by atoms with van der Waals surface area (Å²) in [6, 6.07) is 13.3. The summed E-state index contributed by atoms with van der Waals surface area (Å²) >= 11 is 0. The fraction of sp³-hybridized carbons (Fsp3) is 0.529. The number of hydrogen-bond donors (Lipinski definition) is 1. The molecular weight excluding hydrogens is 572 g/mol. The molecule has 0 radical (unpaired) electrons. The Bertz CT molecular complexity index is 1530. The molecule has 1 N–H and O–H groups in total. The molecule has 1 aliphatic rings. The maximum Gasteiger partial charge on any atom is 0.408 e. The lowest BCUT2D eigenvalue weighted by Gasteiger charge is -2.36. The zero-order chi connectivity index (χ0) is 32.4. The van der Waals surface area contributed by atoms with Crippen molar-refractivity contribution in [3.05, 3.63) is 53.1 Å². The highest BCUT2D eigenvalue weighted by molar-refractivity contribution is 6.74. The Kier molecular flexibility index (Phi) is 9.62. The molecule has 3 aromatic rings. The zero-order valence-electron chi connectivity index (χ0n) is 27.7. The van der Waals surface area contributed by atoms with E-state index < -0.39 is 26.1 Å². The van der Waals surface area contributed by atoms with Gasteiger partial charge in [0.1, 0.15) is 17.9 Å². The van der Waals surface area contributed by atoms with Crippen LogP contribution in [0.3, 0.4) is 0 Å². The van der Waals surface area contributed by atoms with Gasteiger partial charge in [-0.3, -0.25) is 0 Å². The summed E-state index contributed by atoms with van der Waals surface area (Å²) in [7, 11) is -1.93. The van der Waals surface area contributed by atoms with Crippen LogP contribution in [0.5, 0.6) is 5.75 Å². The Morgan fingerprint density at radius 2 is 1.89 bits per heavy atom. The van der Waals surface area contributed by atoms with Crippen LogP contribution in [-0.2, 0) is 15.6 Å². The van der Waals surface area contributed by atoms with Gasteiger partial charge in [-0.05, 0) is 94.9 Å². The summed E-state index contributed by atoms with van der Waals surface area (Å²) in [4.78, 5) is 17.7. The van der Waals surface area contributed by atoms with Crippen molar-refractivity contribution in [2.45, 2.75) is 104 Å². The summed E-state index contributed by atoms with van der Waals surface area (Å²) in [6.07, 6.45) is 0.485. The third kappa shape index (κ3) is 7.69. The predicted octanol–water partition coefficient (Wildman–Crippen LogP) is 8.21. The molecule has 9 nitrogen and oxygen atoms in total. The van der Waals surface area contributed by atoms with E-state index in [9.17, 15) is 10.1 Å². The molecule has 1 amide bonds. The summed E-state index contributed by atoms with van der Waals surface area (Å²) in [6.45, 7) is 21.4. The van der Waals surface area contributed by atoms with Gasteiger partial charge in [-0.2, -0.15) is 10.2 Å². The Morgan fingerprint density at radius 3 is 2.52 bits per heavy atom. The molecule has 1 aromatic heterocycles. The Balaban J connectivity index is 1.63. The highest BCUT2D eigenvalue weighted by Crippen LogP contribution is 2.45. The van der Waals surface area contributed by atoms with Crippen molar-refractivity contribution in [3.8, 4) is 34.7 Å². The van der Waals surface area contributed by atoms with Gasteiger partial charge in [-0.1, -0.05) is 44.1 Å². The van der Waals surface area contributed by atoms with Crippen LogP contribution in [0.25, 0.3) is 22.8 Å². The van der Waals surface area contributed by atoms with Crippen molar-refractivity contribution in [1.82, 2.24) is 15.5 Å². The second-order valence-electron chi connectivity index (χ2n) is 14.3. The van der Waals surface area contributed by atoms with Crippen LogP contribution in [0.15, 0.2) is 40.9 Å². The van der Waals surface area contributed by atoms with Crippen molar-refractivity contribution in [2.75, 3.05) is 6.61 Å². The van der Waals surface area contributed by atoms with Gasteiger partial charge in [-0.15, -0.1) is 0 Å². The van der Waals surface area contributed by atoms with Gasteiger partial charge >= 0.3 is 6.09 Å². The van der Waals surface area contributed by atoms with Crippen molar-refractivity contribution >= 4 is 14.4 Å². The van der Waals surface area contributed by atoms with E-state index in [1.807, 2.05) is 52.8 Å². The van der Waals surface area contributed by atoms with Crippen molar-refractivity contribution in [2.24, 2.45) is 5.92 Å². The first kappa shape index (κ1) is 33.2. The number of rotatable bonds is 9. The third-order valence-electron chi connectivity index (χ3n) is 8.26. The standard InChI is InChI=1S/C34H46N4O5Si/c1-21(2)41-28-15-14-23(18-24(28)20-35)31-36-30(38-43-31)26-13-11-12-25-27(26)19-22(16-17-40-44(9,10)34(6,7)8)29(25)42-32(39)37-33(3,4)5/h11-15,18,21-22,29H,16-17,19H2,1-10H3,(H,37,39)/t22?,29-/m1/s1. The van der Waals surface area contributed by atoms with Gasteiger partial charge in [0.05, 0.1) is 11.7 Å². The molecule has 236 valence electrons. The van der Waals surface area contributed by atoms with Crippen molar-refractivity contribution in [1.29, 1.82) is 5.26 Å². The molecule has 2 aromatic carbocycles. The highest BCUT2D eigenvalue weighted by Gasteiger charge is 2.40. The topological polar surface area (TPSA) is 120 Å². The summed E-state index contributed by atoms with van der Waals surface area (Å²) in [5, 5.41) is 17.0. The van der Waals surface area contributed by atoms with Gasteiger partial charge in [-0.25, -0.2) is 4.79 Å². The highest BCUT2D eigenvalue weighted by atomic mass is 28.4. The second-order valence-corrected chi connectivity index (χ2v) is 19.2. The molecule has 44 heavy (non-hydrogen) atoms. The Morgan fingerprint density at radius 1 is 1.16 bits per heavy atom. The van der Waals surface area contributed by atoms with Gasteiger partial charge < -0.3 is 23.7 Å². The van der Waals surface area contributed by atoms with Gasteiger partial charge in [0.15, 0.2) is 8.32 Å². The zero-order valence-corrected chi connectivity index (χ0v) is 28.7. The lowest BCUT2D eigenvalue weighted by atomic mass is 10.00. The van der Waals surface area contributed by atoms with E-state index in [1.54, 1.807) is 18.2 Å². The van der Waals surface area contributed by atoms with Crippen LogP contribution < -0.4 is 10.1 Å². The number of nitriles is 1. The van der Waals surface area contributed by atoms with Crippen LogP contribution >= 0.6 is 0 Å². The number of aromatic nitrogens is 2. The van der Waals surface area contributed by atoms with Gasteiger partial charge in [0.25, 0.3) is 5.89 Å². The van der Waals surface area contributed by atoms with Crippen LogP contribution in [0.2, 0.25) is 18.1 Å². The number of amides is 1. The average Bonchev–Trinajstić information content (AvgIpc) is 3.52. The number of hydrogen-bond acceptors (Lipinski definition) is 8. The van der Waals surface area contributed by atoms with Crippen LogP contribution in [0.4, 0.5) is 4.79 Å². The molecule has 0 bridgehead atoms. The SMILES string of the molecule is CC(C)Oc1ccc(-c2nc(-c3cccc4c3CC(CCO[Si](C)(C)C(C)(C)C)[C@H]4OC(=O)NC(C)(C)C)no2)cc1C#N. The maximum atomic E-state index is 13.0. The number of benzene rings is 2. The molecule has 0 saturated carbocycles. The summed E-state index contributed by atoms with van der Waals surface area (Å²) in [5.74, 6) is 1.28. The molecule has 10 heteroatoms. The lowest BCUT2D eigenvalue weighted by Crippen LogP contribution is -2.42. The molecule has 0 aliphatic heterocycles. The second kappa shape index (κ2) is 12.7. The monoisotopic (exact) mass is 618 g/mol. The largest absolute Gasteiger partial charge is 0.490 e. The third-order valence-corrected chi connectivity index (χ3v) is 12.8. The quantitative estimate of drug-likeness (QED) is 0.238. The molecule has 1 heterocycles. The average molecular weight is 619 g/mol. The molecular formula is C34H46N4O5Si. The molecule has 0 saturated heterocycles. The van der Waals surface area contributed by atoms with E-state index in [0.717, 1.165) is 23.1 Å². The molecule has 2 atom stereocenters. The minimum absolute atomic E-state index is 0.0275. The van der Waals surface area contributed by atoms with E-state index >= 15 is 0 Å². The first-order valence-electron chi connectivity index (χ1n) is 15.3. The van der Waals surface area contributed by atoms with E-state index in [2.05, 4.69) is 50.4 Å². The Labute approximate surface area is 262 Å². The van der Waals surface area contributed by atoms with Crippen molar-refractivity contribution in [3.63, 3.8) is 0 Å². The molecule has 1 aliphatic carbocycles. The van der Waals surface area contributed by atoms with E-state index in [-0.39, 0.29) is 17.1 Å². The number of nitrogens with zero attached hydrogens (tertiary/aromatic N) is 3. The summed E-state index contributed by atoms with van der Waals surface area (Å²) in [5.41, 5.74) is 3.40. The number of nitrogens with one attached hydrogen (secondary N) is 1. The molecule has 0 spiro atoms. The fourth-order valence-corrected chi connectivity index (χ4v) is 6.10. The van der Waals surface area contributed by atoms with Crippen LogP contribution in [-0.4, -0.2) is 42.8 Å². The molecule has 0 fully saturated rings. The summed E-state index contributed by atoms with van der Waals surface area (Å²) < 4.78 is 24.0. The number of alkyl carbamates (subject to hydrolysis) is 1. The van der Waals surface area contributed by atoms with Crippen LogP contribution in [0.1, 0.15) is 84.6 Å². The number of ether oxygens (including phenoxy) is 2. The normalized spacial score (nSPS) is 16.9. The first-order valence-corrected chi connectivity index (χ1v) is 18.2. The van der Waals surface area contributed by atoms with Gasteiger partial charge in [0.2, 0.25) is 5.82 Å². The number of carbonyl (C=O) groups excluding carboxylic acids is 1. The molecule has 1 unspecified atom stereocenters. The fourth-order valence-electron chi connectivity index (χ4n) is 5.04. The predicted molar refractivity (Wildman–Crippen MR) is 173 cm³/mol. The van der Waals surface area contributed by atoms with E-state index in [0.29, 0.717) is 41.6 Å². The minimum Gasteiger partial charge on any atom is -0.490 e. The van der Waals surface area contributed by atoms with E-state index in [4.69, 9.17) is 23.4 Å². The lowest BCUT2D eigenvalue weighted by molar-refractivity contribution is 0.0565. The molecule has 4 rings (SSSR count). The smallest absolute Gasteiger partial charge is 0.408 e. The van der Waals surface area contributed by atoms with Gasteiger partial charge in [0, 0.05) is 29.2 Å². The van der Waals surface area contributed by atoms with Crippen molar-refractivity contribution < 1.29 is 23.2 Å². The van der Waals surface area contributed by atoms with Crippen LogP contribution in [0, 0.1) is 17.2 Å². The maximum absolute atomic E-state index is 13.0. The Hall–Kier alpha value is -3.68. The minimum atomic E-state index is -1.93. The number of carbonyl (C=O) groups is 1.